The van der Waals surface area contributed by atoms with Crippen LogP contribution < -0.4 is 0 Å². The van der Waals surface area contributed by atoms with Gasteiger partial charge in [0.25, 0.3) is 5.78 Å². The summed E-state index contributed by atoms with van der Waals surface area (Å²) in [4.78, 5) is 22.5. The van der Waals surface area contributed by atoms with Crippen molar-refractivity contribution < 1.29 is 53.5 Å². The molecular weight excluding hydrogens is 438 g/mol. The van der Waals surface area contributed by atoms with Gasteiger partial charge in [-0.15, -0.1) is 0 Å². The highest BCUT2D eigenvalue weighted by Crippen LogP contribution is 2.38. The fourth-order valence-electron chi connectivity index (χ4n) is 2.36. The van der Waals surface area contributed by atoms with E-state index in [1.54, 1.807) is 0 Å². The fourth-order valence-corrected chi connectivity index (χ4v) is 2.36. The molecule has 30 heavy (non-hydrogen) atoms. The van der Waals surface area contributed by atoms with Crippen molar-refractivity contribution in [3.05, 3.63) is 59.2 Å². The summed E-state index contributed by atoms with van der Waals surface area (Å²) in [5, 5.41) is 0. The maximum Gasteiger partial charge on any atom is 0.453 e. The van der Waals surface area contributed by atoms with Crippen LogP contribution in [0.4, 0.5) is 43.9 Å². The van der Waals surface area contributed by atoms with Crippen molar-refractivity contribution >= 4 is 11.6 Å². The van der Waals surface area contributed by atoms with Crippen molar-refractivity contribution in [2.75, 3.05) is 0 Å². The third-order valence-corrected chi connectivity index (χ3v) is 3.83. The first-order chi connectivity index (χ1) is 13.5. The lowest BCUT2D eigenvalue weighted by Gasteiger charge is -2.14. The van der Waals surface area contributed by atoms with E-state index < -0.39 is 58.5 Å². The largest absolute Gasteiger partial charge is 0.453 e. The van der Waals surface area contributed by atoms with Gasteiger partial charge in [0.15, 0.2) is 0 Å². The summed E-state index contributed by atoms with van der Waals surface area (Å²) in [7, 11) is 0. The van der Waals surface area contributed by atoms with E-state index in [-0.39, 0.29) is 11.6 Å². The minimum Gasteiger partial charge on any atom is -0.290 e. The number of hydrogen-bond acceptors (Lipinski definition) is 2. The van der Waals surface area contributed by atoms with Gasteiger partial charge in [-0.05, 0) is 29.3 Å². The van der Waals surface area contributed by atoms with E-state index in [4.69, 9.17) is 0 Å². The molecule has 2 rings (SSSR count). The summed E-state index contributed by atoms with van der Waals surface area (Å²) in [6.07, 6.45) is -19.4. The molecule has 0 heterocycles. The number of benzene rings is 2. The molecular formula is C18H8F10O2. The van der Waals surface area contributed by atoms with Crippen LogP contribution in [0.5, 0.6) is 0 Å². The van der Waals surface area contributed by atoms with E-state index in [1.807, 2.05) is 0 Å². The Labute approximate surface area is 161 Å². The molecule has 2 aromatic carbocycles. The Morgan fingerprint density at radius 3 is 1.47 bits per heavy atom. The summed E-state index contributed by atoms with van der Waals surface area (Å²) >= 11 is 0. The van der Waals surface area contributed by atoms with Crippen LogP contribution in [0, 0.1) is 0 Å². The monoisotopic (exact) mass is 446 g/mol. The van der Waals surface area contributed by atoms with Gasteiger partial charge in [-0.3, -0.25) is 9.59 Å². The van der Waals surface area contributed by atoms with Crippen LogP contribution in [-0.2, 0) is 17.1 Å². The maximum atomic E-state index is 13.5. The highest BCUT2D eigenvalue weighted by Gasteiger charge is 2.47. The summed E-state index contributed by atoms with van der Waals surface area (Å²) < 4.78 is 128. The normalized spacial score (nSPS) is 13.8. The van der Waals surface area contributed by atoms with Crippen molar-refractivity contribution in [1.29, 1.82) is 0 Å². The zero-order chi connectivity index (χ0) is 23.1. The lowest BCUT2D eigenvalue weighted by atomic mass is 9.96. The zero-order valence-corrected chi connectivity index (χ0v) is 14.2. The van der Waals surface area contributed by atoms with Gasteiger partial charge in [0, 0.05) is 5.56 Å². The summed E-state index contributed by atoms with van der Waals surface area (Å²) in [6.45, 7) is 0. The Morgan fingerprint density at radius 2 is 1.10 bits per heavy atom. The van der Waals surface area contributed by atoms with Crippen LogP contribution in [-0.4, -0.2) is 23.9 Å². The Kier molecular flexibility index (Phi) is 6.02. The van der Waals surface area contributed by atoms with Gasteiger partial charge in [-0.1, -0.05) is 24.3 Å². The van der Waals surface area contributed by atoms with Crippen molar-refractivity contribution in [1.82, 2.24) is 0 Å². The van der Waals surface area contributed by atoms with E-state index in [0.717, 1.165) is 12.1 Å². The number of ketones is 2. The molecule has 0 N–H and O–H groups in total. The molecule has 0 aliphatic carbocycles. The average molecular weight is 446 g/mol. The number of carbonyl (C=O) groups is 2. The predicted molar refractivity (Wildman–Crippen MR) is 82.2 cm³/mol. The fraction of sp³-hybridized carbons (Fsp3) is 0.222. The van der Waals surface area contributed by atoms with Crippen molar-refractivity contribution in [2.24, 2.45) is 0 Å². The second-order valence-electron chi connectivity index (χ2n) is 5.96. The molecule has 0 fully saturated rings. The molecule has 0 aromatic heterocycles. The minimum absolute atomic E-state index is 0.0994. The third kappa shape index (κ3) is 5.16. The zero-order valence-electron chi connectivity index (χ0n) is 14.2. The van der Waals surface area contributed by atoms with Crippen molar-refractivity contribution in [3.63, 3.8) is 0 Å². The molecule has 0 aliphatic rings. The Balaban J connectivity index is 2.43. The quantitative estimate of drug-likeness (QED) is 0.326. The molecule has 0 saturated carbocycles. The number of halogens is 10. The number of hydrogen-bond donors (Lipinski definition) is 0. The Hall–Kier alpha value is -2.92. The highest BCUT2D eigenvalue weighted by molar-refractivity contribution is 6.14. The molecule has 1 unspecified atom stereocenters. The molecule has 2 nitrogen and oxygen atoms in total. The molecule has 162 valence electrons. The average Bonchev–Trinajstić information content (AvgIpc) is 2.64. The maximum absolute atomic E-state index is 13.5. The Morgan fingerprint density at radius 1 is 0.667 bits per heavy atom. The molecule has 1 atom stereocenters. The SMILES string of the molecule is O=C(c1ccc(-c2cc(C(F)(F)F)cc(C(F)(F)F)c2)cc1)C(F)C(=O)C(F)(F)F. The van der Waals surface area contributed by atoms with Crippen LogP contribution in [0.25, 0.3) is 11.1 Å². The van der Waals surface area contributed by atoms with E-state index in [0.29, 0.717) is 24.3 Å². The molecule has 0 saturated heterocycles. The number of alkyl halides is 10. The molecule has 0 bridgehead atoms. The highest BCUT2D eigenvalue weighted by atomic mass is 19.4. The molecule has 2 aromatic rings. The summed E-state index contributed by atoms with van der Waals surface area (Å²) in [6, 6.07) is 3.69. The van der Waals surface area contributed by atoms with Crippen LogP contribution >= 0.6 is 0 Å². The van der Waals surface area contributed by atoms with Crippen LogP contribution in [0.1, 0.15) is 21.5 Å². The van der Waals surface area contributed by atoms with Crippen LogP contribution in [0.2, 0.25) is 0 Å². The second kappa shape index (κ2) is 7.73. The minimum atomic E-state index is -5.61. The van der Waals surface area contributed by atoms with Gasteiger partial charge in [0.2, 0.25) is 12.0 Å². The molecule has 0 spiro atoms. The molecule has 0 aliphatic heterocycles. The van der Waals surface area contributed by atoms with Crippen LogP contribution in [0.3, 0.4) is 0 Å². The number of Topliss-reactive ketones (excluding diaryl/α,β-unsaturated/α-hetero) is 2. The second-order valence-corrected chi connectivity index (χ2v) is 5.96. The Bertz CT molecular complexity index is 921. The van der Waals surface area contributed by atoms with Gasteiger partial charge in [-0.25, -0.2) is 4.39 Å². The molecule has 0 radical (unpaired) electrons. The third-order valence-electron chi connectivity index (χ3n) is 3.83. The number of carbonyl (C=O) groups excluding carboxylic acids is 2. The molecule has 12 heteroatoms. The van der Waals surface area contributed by atoms with Crippen molar-refractivity contribution in [2.45, 2.75) is 24.7 Å². The van der Waals surface area contributed by atoms with E-state index in [2.05, 4.69) is 0 Å². The van der Waals surface area contributed by atoms with Gasteiger partial charge in [0.05, 0.1) is 11.1 Å². The lowest BCUT2D eigenvalue weighted by molar-refractivity contribution is -0.174. The number of rotatable bonds is 4. The standard InChI is InChI=1S/C18H8F10O2/c19-13(15(30)18(26,27)28)14(29)9-3-1-8(2-4-9)10-5-11(16(20,21)22)7-12(6-10)17(23,24)25/h1-7,13H. The first kappa shape index (κ1) is 23.4. The van der Waals surface area contributed by atoms with Gasteiger partial charge in [-0.2, -0.15) is 39.5 Å². The summed E-state index contributed by atoms with van der Waals surface area (Å²) in [5.74, 6) is -4.80. The van der Waals surface area contributed by atoms with Gasteiger partial charge in [0.1, 0.15) is 0 Å². The topological polar surface area (TPSA) is 34.1 Å². The first-order valence-corrected chi connectivity index (χ1v) is 7.71. The van der Waals surface area contributed by atoms with Crippen molar-refractivity contribution in [3.8, 4) is 11.1 Å². The van der Waals surface area contributed by atoms with Gasteiger partial charge >= 0.3 is 18.5 Å². The van der Waals surface area contributed by atoms with E-state index >= 15 is 0 Å². The summed E-state index contributed by atoms with van der Waals surface area (Å²) in [5.41, 5.74) is -4.76. The van der Waals surface area contributed by atoms with E-state index in [9.17, 15) is 53.5 Å². The predicted octanol–water partition coefficient (Wildman–Crippen LogP) is 6.04. The lowest BCUT2D eigenvalue weighted by Crippen LogP contribution is -2.36. The molecule has 0 amide bonds. The first-order valence-electron chi connectivity index (χ1n) is 7.71. The van der Waals surface area contributed by atoms with Gasteiger partial charge < -0.3 is 0 Å². The smallest absolute Gasteiger partial charge is 0.290 e. The van der Waals surface area contributed by atoms with Crippen LogP contribution in [0.15, 0.2) is 42.5 Å². The van der Waals surface area contributed by atoms with E-state index in [1.165, 1.54) is 0 Å².